The quantitative estimate of drug-likeness (QED) is 0.506. The van der Waals surface area contributed by atoms with Crippen LogP contribution in [0.5, 0.6) is 0 Å². The number of hydrogen-bond acceptors (Lipinski definition) is 2. The number of carbonyl (C=O) groups is 1. The Morgan fingerprint density at radius 3 is 3.00 bits per heavy atom. The molecule has 1 amide bonds. The fraction of sp³-hybridized carbons (Fsp3) is 0.727. The van der Waals surface area contributed by atoms with Gasteiger partial charge in [0, 0.05) is 18.9 Å². The van der Waals surface area contributed by atoms with Gasteiger partial charge in [0.2, 0.25) is 5.91 Å². The Labute approximate surface area is 85.4 Å². The molecule has 1 rings (SSSR count). The highest BCUT2D eigenvalue weighted by atomic mass is 16.1. The normalized spacial score (nSPS) is 25.7. The zero-order valence-corrected chi connectivity index (χ0v) is 8.46. The Morgan fingerprint density at radius 1 is 1.57 bits per heavy atom. The van der Waals surface area contributed by atoms with Crippen LogP contribution in [0.15, 0.2) is 0 Å². The van der Waals surface area contributed by atoms with E-state index in [1.807, 2.05) is 0 Å². The molecule has 0 spiro atoms. The molecule has 2 atom stereocenters. The van der Waals surface area contributed by atoms with Gasteiger partial charge in [-0.05, 0) is 25.3 Å². The Kier molecular flexibility index (Phi) is 4.48. The highest BCUT2D eigenvalue weighted by Gasteiger charge is 2.31. The SMILES string of the molecule is C#CCCNC(=O)C1CCCC1CN. The summed E-state index contributed by atoms with van der Waals surface area (Å²) in [4.78, 5) is 11.7. The van der Waals surface area contributed by atoms with Crippen molar-refractivity contribution in [1.82, 2.24) is 5.32 Å². The number of rotatable bonds is 4. The first-order valence-corrected chi connectivity index (χ1v) is 5.20. The van der Waals surface area contributed by atoms with Crippen molar-refractivity contribution in [2.75, 3.05) is 13.1 Å². The van der Waals surface area contributed by atoms with Crippen LogP contribution in [0.25, 0.3) is 0 Å². The minimum atomic E-state index is 0.123. The maximum atomic E-state index is 11.7. The molecule has 3 N–H and O–H groups in total. The highest BCUT2D eigenvalue weighted by molar-refractivity contribution is 5.79. The number of amides is 1. The van der Waals surface area contributed by atoms with Crippen molar-refractivity contribution in [3.63, 3.8) is 0 Å². The molecule has 14 heavy (non-hydrogen) atoms. The summed E-state index contributed by atoms with van der Waals surface area (Å²) >= 11 is 0. The summed E-state index contributed by atoms with van der Waals surface area (Å²) in [7, 11) is 0. The molecule has 3 heteroatoms. The van der Waals surface area contributed by atoms with Gasteiger partial charge in [-0.3, -0.25) is 4.79 Å². The first kappa shape index (κ1) is 11.1. The molecular formula is C11H18N2O. The molecule has 2 unspecified atom stereocenters. The van der Waals surface area contributed by atoms with E-state index in [2.05, 4.69) is 11.2 Å². The zero-order chi connectivity index (χ0) is 10.4. The predicted octanol–water partition coefficient (Wildman–Crippen LogP) is 0.501. The van der Waals surface area contributed by atoms with Gasteiger partial charge in [-0.2, -0.15) is 0 Å². The Morgan fingerprint density at radius 2 is 2.36 bits per heavy atom. The topological polar surface area (TPSA) is 55.1 Å². The number of carbonyl (C=O) groups excluding carboxylic acids is 1. The van der Waals surface area contributed by atoms with E-state index in [-0.39, 0.29) is 11.8 Å². The summed E-state index contributed by atoms with van der Waals surface area (Å²) in [6.45, 7) is 1.20. The van der Waals surface area contributed by atoms with E-state index in [9.17, 15) is 4.79 Å². The number of nitrogens with one attached hydrogen (secondary N) is 1. The van der Waals surface area contributed by atoms with Crippen LogP contribution in [-0.4, -0.2) is 19.0 Å². The lowest BCUT2D eigenvalue weighted by Gasteiger charge is -2.16. The summed E-state index contributed by atoms with van der Waals surface area (Å²) in [5.74, 6) is 3.13. The summed E-state index contributed by atoms with van der Waals surface area (Å²) in [6, 6.07) is 0. The maximum Gasteiger partial charge on any atom is 0.223 e. The molecule has 0 aliphatic heterocycles. The summed E-state index contributed by atoms with van der Waals surface area (Å²) in [5.41, 5.74) is 5.60. The molecule has 0 heterocycles. The van der Waals surface area contributed by atoms with Crippen LogP contribution in [0.4, 0.5) is 0 Å². The Balaban J connectivity index is 2.32. The van der Waals surface area contributed by atoms with E-state index in [0.717, 1.165) is 19.3 Å². The molecule has 3 nitrogen and oxygen atoms in total. The number of terminal acetylenes is 1. The molecule has 0 saturated heterocycles. The van der Waals surface area contributed by atoms with E-state index >= 15 is 0 Å². The minimum absolute atomic E-state index is 0.123. The van der Waals surface area contributed by atoms with Crippen molar-refractivity contribution in [2.45, 2.75) is 25.7 Å². The van der Waals surface area contributed by atoms with E-state index < -0.39 is 0 Å². The summed E-state index contributed by atoms with van der Waals surface area (Å²) in [5, 5.41) is 2.85. The first-order chi connectivity index (χ1) is 6.79. The van der Waals surface area contributed by atoms with E-state index in [1.165, 1.54) is 0 Å². The van der Waals surface area contributed by atoms with Gasteiger partial charge in [-0.15, -0.1) is 12.3 Å². The van der Waals surface area contributed by atoms with Crippen LogP contribution in [0.1, 0.15) is 25.7 Å². The fourth-order valence-electron chi connectivity index (χ4n) is 2.05. The molecule has 0 aromatic rings. The number of hydrogen-bond donors (Lipinski definition) is 2. The lowest BCUT2D eigenvalue weighted by Crippen LogP contribution is -2.35. The maximum absolute atomic E-state index is 11.7. The van der Waals surface area contributed by atoms with Crippen molar-refractivity contribution in [1.29, 1.82) is 0 Å². The van der Waals surface area contributed by atoms with Gasteiger partial charge < -0.3 is 11.1 Å². The van der Waals surface area contributed by atoms with Crippen molar-refractivity contribution >= 4 is 5.91 Å². The van der Waals surface area contributed by atoms with Crippen molar-refractivity contribution in [3.05, 3.63) is 0 Å². The second kappa shape index (κ2) is 5.66. The first-order valence-electron chi connectivity index (χ1n) is 5.20. The molecule has 78 valence electrons. The second-order valence-electron chi connectivity index (χ2n) is 3.78. The largest absolute Gasteiger partial charge is 0.355 e. The summed E-state index contributed by atoms with van der Waals surface area (Å²) < 4.78 is 0. The van der Waals surface area contributed by atoms with Gasteiger partial charge in [0.25, 0.3) is 0 Å². The van der Waals surface area contributed by atoms with Gasteiger partial charge in [-0.25, -0.2) is 0 Å². The molecule has 0 radical (unpaired) electrons. The van der Waals surface area contributed by atoms with Gasteiger partial charge in [0.1, 0.15) is 0 Å². The lowest BCUT2D eigenvalue weighted by molar-refractivity contribution is -0.125. The van der Waals surface area contributed by atoms with Crippen LogP contribution in [0.3, 0.4) is 0 Å². The fourth-order valence-corrected chi connectivity index (χ4v) is 2.05. The van der Waals surface area contributed by atoms with Gasteiger partial charge in [-0.1, -0.05) is 6.42 Å². The second-order valence-corrected chi connectivity index (χ2v) is 3.78. The Bertz CT molecular complexity index is 232. The third-order valence-electron chi connectivity index (χ3n) is 2.87. The number of nitrogens with two attached hydrogens (primary N) is 1. The molecule has 0 aromatic heterocycles. The molecule has 0 aromatic carbocycles. The average molecular weight is 194 g/mol. The van der Waals surface area contributed by atoms with Gasteiger partial charge >= 0.3 is 0 Å². The van der Waals surface area contributed by atoms with Crippen LogP contribution in [-0.2, 0) is 4.79 Å². The van der Waals surface area contributed by atoms with Crippen molar-refractivity contribution in [3.8, 4) is 12.3 Å². The van der Waals surface area contributed by atoms with Crippen molar-refractivity contribution < 1.29 is 4.79 Å². The van der Waals surface area contributed by atoms with Crippen LogP contribution in [0, 0.1) is 24.2 Å². The molecule has 1 aliphatic carbocycles. The zero-order valence-electron chi connectivity index (χ0n) is 8.46. The average Bonchev–Trinajstić information content (AvgIpc) is 2.65. The molecule has 0 bridgehead atoms. The van der Waals surface area contributed by atoms with Crippen LogP contribution >= 0.6 is 0 Å². The van der Waals surface area contributed by atoms with Crippen LogP contribution in [0.2, 0.25) is 0 Å². The predicted molar refractivity (Wildman–Crippen MR) is 56.3 cm³/mol. The van der Waals surface area contributed by atoms with E-state index in [0.29, 0.717) is 25.4 Å². The van der Waals surface area contributed by atoms with Gasteiger partial charge in [0.15, 0.2) is 0 Å². The lowest BCUT2D eigenvalue weighted by atomic mass is 9.95. The molecular weight excluding hydrogens is 176 g/mol. The summed E-state index contributed by atoms with van der Waals surface area (Å²) in [6.07, 6.45) is 8.89. The minimum Gasteiger partial charge on any atom is -0.355 e. The molecule has 1 aliphatic rings. The smallest absolute Gasteiger partial charge is 0.223 e. The third kappa shape index (κ3) is 2.74. The standard InChI is InChI=1S/C11H18N2O/c1-2-3-7-13-11(14)10-6-4-5-9(10)8-12/h1,9-10H,3-8,12H2,(H,13,14). The van der Waals surface area contributed by atoms with Crippen LogP contribution < -0.4 is 11.1 Å². The highest BCUT2D eigenvalue weighted by Crippen LogP contribution is 2.30. The molecule has 1 saturated carbocycles. The molecule has 1 fully saturated rings. The van der Waals surface area contributed by atoms with E-state index in [4.69, 9.17) is 12.2 Å². The van der Waals surface area contributed by atoms with E-state index in [1.54, 1.807) is 0 Å². The monoisotopic (exact) mass is 194 g/mol. The third-order valence-corrected chi connectivity index (χ3v) is 2.87. The van der Waals surface area contributed by atoms with Crippen molar-refractivity contribution in [2.24, 2.45) is 17.6 Å². The van der Waals surface area contributed by atoms with Gasteiger partial charge in [0.05, 0.1) is 0 Å². The Hall–Kier alpha value is -1.01.